The molecule has 140 valence electrons. The van der Waals surface area contributed by atoms with Crippen LogP contribution in [0.15, 0.2) is 66.7 Å². The first-order chi connectivity index (χ1) is 13.6. The van der Waals surface area contributed by atoms with Crippen molar-refractivity contribution in [2.75, 3.05) is 0 Å². The number of aromatic carboxylic acids is 1. The third-order valence-corrected chi connectivity index (χ3v) is 5.49. The molecule has 3 heteroatoms. The fourth-order valence-electron chi connectivity index (χ4n) is 4.05. The third kappa shape index (κ3) is 3.20. The minimum Gasteiger partial charge on any atom is -0.508 e. The Balaban J connectivity index is 2.05. The van der Waals surface area contributed by atoms with Gasteiger partial charge in [-0.05, 0) is 83.3 Å². The van der Waals surface area contributed by atoms with Crippen LogP contribution < -0.4 is 0 Å². The summed E-state index contributed by atoms with van der Waals surface area (Å²) in [5.74, 6) is -0.639. The number of benzene rings is 3. The van der Waals surface area contributed by atoms with Crippen molar-refractivity contribution in [3.63, 3.8) is 0 Å². The summed E-state index contributed by atoms with van der Waals surface area (Å²) in [5, 5.41) is 19.7. The van der Waals surface area contributed by atoms with E-state index >= 15 is 0 Å². The molecule has 0 aromatic heterocycles. The van der Waals surface area contributed by atoms with Gasteiger partial charge in [-0.2, -0.15) is 0 Å². The van der Waals surface area contributed by atoms with Gasteiger partial charge in [-0.25, -0.2) is 4.79 Å². The van der Waals surface area contributed by atoms with E-state index in [4.69, 9.17) is 0 Å². The van der Waals surface area contributed by atoms with Crippen LogP contribution in [-0.2, 0) is 6.42 Å². The van der Waals surface area contributed by atoms with E-state index in [9.17, 15) is 15.0 Å². The smallest absolute Gasteiger partial charge is 0.335 e. The highest BCUT2D eigenvalue weighted by Gasteiger charge is 2.22. The standard InChI is InChI=1S/C25H22O3/c1-16-20(10-6-12-23(16)26)24-21(17-7-3-2-4-8-17)11-5-9-18-15-19(25(27)28)13-14-22(18)24/h2-4,6-8,10,12-15,26H,5,9,11H2,1H3,(H,27,28). The lowest BCUT2D eigenvalue weighted by atomic mass is 9.85. The summed E-state index contributed by atoms with van der Waals surface area (Å²) in [4.78, 5) is 11.5. The SMILES string of the molecule is Cc1c(O)cccc1C1=C(c2ccccc2)CCCc2cc(C(=O)O)ccc21. The summed E-state index contributed by atoms with van der Waals surface area (Å²) in [5.41, 5.74) is 7.72. The zero-order valence-corrected chi connectivity index (χ0v) is 15.8. The van der Waals surface area contributed by atoms with Crippen molar-refractivity contribution < 1.29 is 15.0 Å². The summed E-state index contributed by atoms with van der Waals surface area (Å²) in [7, 11) is 0. The van der Waals surface area contributed by atoms with Crippen LogP contribution in [-0.4, -0.2) is 16.2 Å². The number of hydrogen-bond acceptors (Lipinski definition) is 2. The lowest BCUT2D eigenvalue weighted by Gasteiger charge is -2.19. The molecule has 28 heavy (non-hydrogen) atoms. The van der Waals surface area contributed by atoms with Crippen molar-refractivity contribution in [1.82, 2.24) is 0 Å². The van der Waals surface area contributed by atoms with Crippen molar-refractivity contribution in [1.29, 1.82) is 0 Å². The Bertz CT molecular complexity index is 1080. The van der Waals surface area contributed by atoms with Crippen molar-refractivity contribution in [2.24, 2.45) is 0 Å². The Morgan fingerprint density at radius 2 is 1.68 bits per heavy atom. The molecule has 1 aliphatic carbocycles. The number of fused-ring (bicyclic) bond motifs is 1. The molecule has 1 aliphatic rings. The van der Waals surface area contributed by atoms with E-state index in [1.165, 1.54) is 5.57 Å². The molecule has 0 aliphatic heterocycles. The van der Waals surface area contributed by atoms with Gasteiger partial charge in [-0.15, -0.1) is 0 Å². The van der Waals surface area contributed by atoms with Gasteiger partial charge in [0.15, 0.2) is 0 Å². The van der Waals surface area contributed by atoms with Crippen LogP contribution in [0.1, 0.15) is 51.0 Å². The normalized spacial score (nSPS) is 13.8. The molecule has 0 spiro atoms. The Morgan fingerprint density at radius 3 is 2.43 bits per heavy atom. The second kappa shape index (κ2) is 7.35. The van der Waals surface area contributed by atoms with Crippen LogP contribution in [0.25, 0.3) is 11.1 Å². The zero-order chi connectivity index (χ0) is 19.7. The Kier molecular flexibility index (Phi) is 4.74. The molecule has 3 aromatic carbocycles. The minimum atomic E-state index is -0.908. The molecule has 2 N–H and O–H groups in total. The number of carbonyl (C=O) groups is 1. The van der Waals surface area contributed by atoms with Gasteiger partial charge in [0, 0.05) is 0 Å². The van der Waals surface area contributed by atoms with Crippen LogP contribution in [0, 0.1) is 6.92 Å². The van der Waals surface area contributed by atoms with E-state index in [-0.39, 0.29) is 5.75 Å². The van der Waals surface area contributed by atoms with E-state index < -0.39 is 5.97 Å². The molecule has 0 atom stereocenters. The second-order valence-corrected chi connectivity index (χ2v) is 7.20. The average Bonchev–Trinajstić information content (AvgIpc) is 2.89. The van der Waals surface area contributed by atoms with Gasteiger partial charge in [0.25, 0.3) is 0 Å². The van der Waals surface area contributed by atoms with Gasteiger partial charge in [0.2, 0.25) is 0 Å². The number of rotatable bonds is 3. The summed E-state index contributed by atoms with van der Waals surface area (Å²) >= 11 is 0. The maximum Gasteiger partial charge on any atom is 0.335 e. The van der Waals surface area contributed by atoms with E-state index in [0.717, 1.165) is 52.7 Å². The van der Waals surface area contributed by atoms with E-state index in [1.807, 2.05) is 43.3 Å². The first kappa shape index (κ1) is 18.1. The molecule has 0 bridgehead atoms. The molecule has 0 saturated carbocycles. The Labute approximate surface area is 164 Å². The summed E-state index contributed by atoms with van der Waals surface area (Å²) in [6.07, 6.45) is 2.67. The number of aromatic hydroxyl groups is 1. The second-order valence-electron chi connectivity index (χ2n) is 7.20. The molecule has 0 saturated heterocycles. The molecule has 0 amide bonds. The highest BCUT2D eigenvalue weighted by Crippen LogP contribution is 2.42. The Morgan fingerprint density at radius 1 is 0.893 bits per heavy atom. The summed E-state index contributed by atoms with van der Waals surface area (Å²) in [6.45, 7) is 1.93. The maximum absolute atomic E-state index is 11.5. The van der Waals surface area contributed by atoms with Crippen LogP contribution in [0.4, 0.5) is 0 Å². The molecule has 0 unspecified atom stereocenters. The maximum atomic E-state index is 11.5. The predicted molar refractivity (Wildman–Crippen MR) is 112 cm³/mol. The largest absolute Gasteiger partial charge is 0.508 e. The minimum absolute atomic E-state index is 0.269. The zero-order valence-electron chi connectivity index (χ0n) is 15.8. The number of carboxylic acid groups (broad SMARTS) is 1. The predicted octanol–water partition coefficient (Wildman–Crippen LogP) is 5.69. The van der Waals surface area contributed by atoms with Gasteiger partial charge in [-0.3, -0.25) is 0 Å². The number of aryl methyl sites for hydroxylation is 1. The van der Waals surface area contributed by atoms with Crippen molar-refractivity contribution in [3.05, 3.63) is 100 Å². The van der Waals surface area contributed by atoms with Crippen LogP contribution in [0.2, 0.25) is 0 Å². The van der Waals surface area contributed by atoms with Gasteiger partial charge in [0.05, 0.1) is 5.56 Å². The van der Waals surface area contributed by atoms with Crippen LogP contribution in [0.3, 0.4) is 0 Å². The summed E-state index contributed by atoms with van der Waals surface area (Å²) < 4.78 is 0. The highest BCUT2D eigenvalue weighted by molar-refractivity contribution is 6.01. The quantitative estimate of drug-likeness (QED) is 0.622. The molecular formula is C25H22O3. The molecule has 4 rings (SSSR count). The fraction of sp³-hybridized carbons (Fsp3) is 0.160. The van der Waals surface area contributed by atoms with Crippen LogP contribution in [0.5, 0.6) is 5.75 Å². The van der Waals surface area contributed by atoms with Crippen molar-refractivity contribution >= 4 is 17.1 Å². The number of phenolic OH excluding ortho intramolecular Hbond substituents is 1. The monoisotopic (exact) mass is 370 g/mol. The van der Waals surface area contributed by atoms with Gasteiger partial charge in [-0.1, -0.05) is 48.5 Å². The van der Waals surface area contributed by atoms with Crippen molar-refractivity contribution in [2.45, 2.75) is 26.2 Å². The molecule has 0 radical (unpaired) electrons. The molecule has 0 fully saturated rings. The number of phenols is 1. The lowest BCUT2D eigenvalue weighted by molar-refractivity contribution is 0.0696. The molecule has 3 nitrogen and oxygen atoms in total. The first-order valence-corrected chi connectivity index (χ1v) is 9.50. The highest BCUT2D eigenvalue weighted by atomic mass is 16.4. The first-order valence-electron chi connectivity index (χ1n) is 9.50. The molecule has 0 heterocycles. The number of hydrogen-bond donors (Lipinski definition) is 2. The topological polar surface area (TPSA) is 57.5 Å². The lowest BCUT2D eigenvalue weighted by Crippen LogP contribution is -2.02. The van der Waals surface area contributed by atoms with Gasteiger partial charge < -0.3 is 10.2 Å². The van der Waals surface area contributed by atoms with E-state index in [0.29, 0.717) is 5.56 Å². The molecule has 3 aromatic rings. The van der Waals surface area contributed by atoms with E-state index in [1.54, 1.807) is 18.2 Å². The summed E-state index contributed by atoms with van der Waals surface area (Å²) in [6, 6.07) is 21.3. The Hall–Kier alpha value is -3.33. The van der Waals surface area contributed by atoms with Gasteiger partial charge in [0.1, 0.15) is 5.75 Å². The third-order valence-electron chi connectivity index (χ3n) is 5.49. The average molecular weight is 370 g/mol. The van der Waals surface area contributed by atoms with Crippen molar-refractivity contribution in [3.8, 4) is 5.75 Å². The fourth-order valence-corrected chi connectivity index (χ4v) is 4.05. The number of allylic oxidation sites excluding steroid dienone is 1. The molecular weight excluding hydrogens is 348 g/mol. The van der Waals surface area contributed by atoms with E-state index in [2.05, 4.69) is 12.1 Å². The number of carboxylic acids is 1. The van der Waals surface area contributed by atoms with Crippen LogP contribution >= 0.6 is 0 Å². The van der Waals surface area contributed by atoms with Gasteiger partial charge >= 0.3 is 5.97 Å².